The minimum absolute atomic E-state index is 0.502. The SMILES string of the molecule is CNCCC#Cc1cccc(OC)c1C#N. The topological polar surface area (TPSA) is 45.0 Å². The molecule has 0 aliphatic rings. The summed E-state index contributed by atoms with van der Waals surface area (Å²) in [5, 5.41) is 12.0. The molecule has 0 aromatic heterocycles. The largest absolute Gasteiger partial charge is 0.495 e. The fraction of sp³-hybridized carbons (Fsp3) is 0.308. The number of benzene rings is 1. The molecule has 0 unspecified atom stereocenters. The number of nitrogens with zero attached hydrogens (tertiary/aromatic N) is 1. The first-order valence-corrected chi connectivity index (χ1v) is 5.04. The van der Waals surface area contributed by atoms with Gasteiger partial charge in [0.1, 0.15) is 17.4 Å². The van der Waals surface area contributed by atoms with Crippen LogP contribution in [0.5, 0.6) is 5.75 Å². The average molecular weight is 214 g/mol. The zero-order chi connectivity index (χ0) is 11.8. The van der Waals surface area contributed by atoms with Gasteiger partial charge in [0, 0.05) is 18.5 Å². The molecule has 0 bridgehead atoms. The van der Waals surface area contributed by atoms with E-state index in [1.807, 2.05) is 19.2 Å². The monoisotopic (exact) mass is 214 g/mol. The van der Waals surface area contributed by atoms with Gasteiger partial charge in [0.25, 0.3) is 0 Å². The van der Waals surface area contributed by atoms with Crippen LogP contribution in [0.25, 0.3) is 0 Å². The number of rotatable bonds is 3. The molecule has 0 radical (unpaired) electrons. The lowest BCUT2D eigenvalue weighted by Crippen LogP contribution is -2.05. The molecular weight excluding hydrogens is 200 g/mol. The summed E-state index contributed by atoms with van der Waals surface area (Å²) >= 11 is 0. The first kappa shape index (κ1) is 12.1. The highest BCUT2D eigenvalue weighted by molar-refractivity contribution is 5.55. The van der Waals surface area contributed by atoms with Crippen molar-refractivity contribution in [2.24, 2.45) is 0 Å². The van der Waals surface area contributed by atoms with E-state index in [2.05, 4.69) is 23.2 Å². The molecule has 0 amide bonds. The van der Waals surface area contributed by atoms with Gasteiger partial charge in [0.2, 0.25) is 0 Å². The van der Waals surface area contributed by atoms with Crippen LogP contribution >= 0.6 is 0 Å². The van der Waals surface area contributed by atoms with Gasteiger partial charge < -0.3 is 10.1 Å². The van der Waals surface area contributed by atoms with Crippen molar-refractivity contribution in [3.05, 3.63) is 29.3 Å². The van der Waals surface area contributed by atoms with E-state index >= 15 is 0 Å². The molecule has 0 spiro atoms. The van der Waals surface area contributed by atoms with Gasteiger partial charge >= 0.3 is 0 Å². The Labute approximate surface area is 96.0 Å². The van der Waals surface area contributed by atoms with E-state index in [4.69, 9.17) is 10.00 Å². The third-order valence-electron chi connectivity index (χ3n) is 2.08. The molecule has 1 aromatic carbocycles. The van der Waals surface area contributed by atoms with E-state index in [0.717, 1.165) is 18.5 Å². The molecule has 0 aliphatic carbocycles. The van der Waals surface area contributed by atoms with Gasteiger partial charge in [-0.25, -0.2) is 0 Å². The van der Waals surface area contributed by atoms with Crippen molar-refractivity contribution < 1.29 is 4.74 Å². The van der Waals surface area contributed by atoms with Crippen LogP contribution in [-0.4, -0.2) is 20.7 Å². The summed E-state index contributed by atoms with van der Waals surface area (Å²) in [6, 6.07) is 7.54. The smallest absolute Gasteiger partial charge is 0.137 e. The van der Waals surface area contributed by atoms with Crippen LogP contribution in [0.2, 0.25) is 0 Å². The molecular formula is C13H14N2O. The maximum atomic E-state index is 9.02. The first-order valence-electron chi connectivity index (χ1n) is 5.04. The second-order valence-corrected chi connectivity index (χ2v) is 3.15. The Bertz CT molecular complexity index is 449. The maximum absolute atomic E-state index is 9.02. The number of nitrogens with one attached hydrogen (secondary N) is 1. The molecule has 0 atom stereocenters. The highest BCUT2D eigenvalue weighted by Crippen LogP contribution is 2.20. The normalized spacial score (nSPS) is 8.81. The highest BCUT2D eigenvalue weighted by atomic mass is 16.5. The zero-order valence-corrected chi connectivity index (χ0v) is 9.50. The minimum atomic E-state index is 0.502. The molecule has 16 heavy (non-hydrogen) atoms. The van der Waals surface area contributed by atoms with Gasteiger partial charge in [-0.05, 0) is 19.2 Å². The number of hydrogen-bond acceptors (Lipinski definition) is 3. The molecule has 1 aromatic rings. The average Bonchev–Trinajstić information content (AvgIpc) is 2.34. The van der Waals surface area contributed by atoms with Crippen molar-refractivity contribution in [1.82, 2.24) is 5.32 Å². The quantitative estimate of drug-likeness (QED) is 0.613. The van der Waals surface area contributed by atoms with Crippen molar-refractivity contribution in [3.8, 4) is 23.7 Å². The van der Waals surface area contributed by atoms with E-state index in [9.17, 15) is 0 Å². The number of hydrogen-bond donors (Lipinski definition) is 1. The Kier molecular flexibility index (Phi) is 4.92. The zero-order valence-electron chi connectivity index (χ0n) is 9.50. The Morgan fingerprint density at radius 3 is 2.88 bits per heavy atom. The Balaban J connectivity index is 2.95. The molecule has 0 heterocycles. The molecule has 0 saturated carbocycles. The fourth-order valence-electron chi connectivity index (χ4n) is 1.27. The van der Waals surface area contributed by atoms with Crippen LogP contribution in [0.3, 0.4) is 0 Å². The van der Waals surface area contributed by atoms with Crippen molar-refractivity contribution in [2.45, 2.75) is 6.42 Å². The summed E-state index contributed by atoms with van der Waals surface area (Å²) in [4.78, 5) is 0. The number of ether oxygens (including phenoxy) is 1. The van der Waals surface area contributed by atoms with Crippen molar-refractivity contribution in [3.63, 3.8) is 0 Å². The highest BCUT2D eigenvalue weighted by Gasteiger charge is 2.05. The second-order valence-electron chi connectivity index (χ2n) is 3.15. The van der Waals surface area contributed by atoms with Gasteiger partial charge in [0.15, 0.2) is 0 Å². The summed E-state index contributed by atoms with van der Waals surface area (Å²) in [5.41, 5.74) is 1.22. The van der Waals surface area contributed by atoms with Gasteiger partial charge in [0.05, 0.1) is 7.11 Å². The molecule has 0 saturated heterocycles. The molecule has 3 heteroatoms. The van der Waals surface area contributed by atoms with Crippen LogP contribution < -0.4 is 10.1 Å². The molecule has 1 rings (SSSR count). The maximum Gasteiger partial charge on any atom is 0.137 e. The molecule has 0 aliphatic heterocycles. The molecule has 0 fully saturated rings. The van der Waals surface area contributed by atoms with Gasteiger partial charge in [-0.3, -0.25) is 0 Å². The van der Waals surface area contributed by atoms with Gasteiger partial charge in [-0.15, -0.1) is 0 Å². The van der Waals surface area contributed by atoms with E-state index in [1.165, 1.54) is 0 Å². The predicted octanol–water partition coefficient (Wildman–Crippen LogP) is 1.53. The van der Waals surface area contributed by atoms with Crippen LogP contribution in [0.4, 0.5) is 0 Å². The third kappa shape index (κ3) is 3.02. The van der Waals surface area contributed by atoms with Crippen molar-refractivity contribution in [1.29, 1.82) is 5.26 Å². The van der Waals surface area contributed by atoms with Crippen LogP contribution in [0.1, 0.15) is 17.5 Å². The van der Waals surface area contributed by atoms with Crippen LogP contribution in [-0.2, 0) is 0 Å². The van der Waals surface area contributed by atoms with E-state index in [-0.39, 0.29) is 0 Å². The molecule has 1 N–H and O–H groups in total. The summed E-state index contributed by atoms with van der Waals surface area (Å²) in [6.07, 6.45) is 0.762. The standard InChI is InChI=1S/C13H14N2O/c1-15-9-4-3-6-11-7-5-8-13(16-2)12(11)10-14/h5,7-8,15H,4,9H2,1-2H3. The molecule has 3 nitrogen and oxygen atoms in total. The lowest BCUT2D eigenvalue weighted by Gasteiger charge is -2.02. The predicted molar refractivity (Wildman–Crippen MR) is 63.1 cm³/mol. The van der Waals surface area contributed by atoms with Crippen molar-refractivity contribution in [2.75, 3.05) is 20.7 Å². The van der Waals surface area contributed by atoms with Gasteiger partial charge in [-0.1, -0.05) is 17.9 Å². The van der Waals surface area contributed by atoms with E-state index < -0.39 is 0 Å². The fourth-order valence-corrected chi connectivity index (χ4v) is 1.27. The molecule has 82 valence electrons. The summed E-state index contributed by atoms with van der Waals surface area (Å²) in [7, 11) is 3.43. The lowest BCUT2D eigenvalue weighted by molar-refractivity contribution is 0.413. The number of nitriles is 1. The summed E-state index contributed by atoms with van der Waals surface area (Å²) in [6.45, 7) is 0.846. The summed E-state index contributed by atoms with van der Waals surface area (Å²) < 4.78 is 5.10. The summed E-state index contributed by atoms with van der Waals surface area (Å²) in [5.74, 6) is 6.56. The van der Waals surface area contributed by atoms with Crippen molar-refractivity contribution >= 4 is 0 Å². The first-order chi connectivity index (χ1) is 7.83. The minimum Gasteiger partial charge on any atom is -0.495 e. The van der Waals surface area contributed by atoms with E-state index in [0.29, 0.717) is 11.3 Å². The Morgan fingerprint density at radius 2 is 2.25 bits per heavy atom. The number of methoxy groups -OCH3 is 1. The van der Waals surface area contributed by atoms with Crippen LogP contribution in [0, 0.1) is 23.2 Å². The lowest BCUT2D eigenvalue weighted by atomic mass is 10.1. The Morgan fingerprint density at radius 1 is 1.44 bits per heavy atom. The Hall–Kier alpha value is -1.97. The second kappa shape index (κ2) is 6.50. The van der Waals surface area contributed by atoms with Gasteiger partial charge in [-0.2, -0.15) is 5.26 Å². The third-order valence-corrected chi connectivity index (χ3v) is 2.08. The van der Waals surface area contributed by atoms with Crippen LogP contribution in [0.15, 0.2) is 18.2 Å². The van der Waals surface area contributed by atoms with E-state index in [1.54, 1.807) is 13.2 Å².